The minimum atomic E-state index is -3.56. The number of aryl methyl sites for hydroxylation is 1. The van der Waals surface area contributed by atoms with Gasteiger partial charge in [0.1, 0.15) is 5.75 Å². The van der Waals surface area contributed by atoms with Crippen molar-refractivity contribution in [2.75, 3.05) is 17.2 Å². The van der Waals surface area contributed by atoms with E-state index in [1.807, 2.05) is 32.0 Å². The fourth-order valence-electron chi connectivity index (χ4n) is 3.65. The van der Waals surface area contributed by atoms with E-state index in [2.05, 4.69) is 24.4 Å². The van der Waals surface area contributed by atoms with Gasteiger partial charge in [-0.25, -0.2) is 8.42 Å². The van der Waals surface area contributed by atoms with E-state index in [0.717, 1.165) is 17.5 Å². The molecule has 1 N–H and O–H groups in total. The first-order chi connectivity index (χ1) is 16.2. The van der Waals surface area contributed by atoms with Crippen LogP contribution >= 0.6 is 0 Å². The molecule has 0 unspecified atom stereocenters. The van der Waals surface area contributed by atoms with Gasteiger partial charge >= 0.3 is 0 Å². The molecule has 0 aliphatic carbocycles. The molecule has 1 amide bonds. The Kier molecular flexibility index (Phi) is 8.34. The average Bonchev–Trinajstić information content (AvgIpc) is 2.83. The molecule has 0 saturated carbocycles. The van der Waals surface area contributed by atoms with E-state index < -0.39 is 10.0 Å². The van der Waals surface area contributed by atoms with Crippen molar-refractivity contribution in [2.24, 2.45) is 0 Å². The van der Waals surface area contributed by atoms with Crippen molar-refractivity contribution in [1.29, 1.82) is 0 Å². The van der Waals surface area contributed by atoms with Crippen LogP contribution in [0.4, 0.5) is 5.69 Å². The molecule has 0 radical (unpaired) electrons. The number of nitrogens with zero attached hydrogens (tertiary/aromatic N) is 1. The maximum Gasteiger partial charge on any atom is 0.251 e. The van der Waals surface area contributed by atoms with E-state index in [-0.39, 0.29) is 18.5 Å². The minimum absolute atomic E-state index is 0.130. The van der Waals surface area contributed by atoms with Crippen molar-refractivity contribution in [3.63, 3.8) is 0 Å². The maximum absolute atomic E-state index is 12.7. The van der Waals surface area contributed by atoms with Gasteiger partial charge in [0.25, 0.3) is 5.91 Å². The van der Waals surface area contributed by atoms with Gasteiger partial charge in [-0.2, -0.15) is 0 Å². The highest BCUT2D eigenvalue weighted by Crippen LogP contribution is 2.31. The van der Waals surface area contributed by atoms with Crippen molar-refractivity contribution in [3.05, 3.63) is 95.1 Å². The van der Waals surface area contributed by atoms with Crippen LogP contribution in [0, 0.1) is 0 Å². The summed E-state index contributed by atoms with van der Waals surface area (Å²) in [4.78, 5) is 12.7. The Hall–Kier alpha value is -3.32. The molecule has 1 atom stereocenters. The van der Waals surface area contributed by atoms with E-state index in [4.69, 9.17) is 4.74 Å². The zero-order chi connectivity index (χ0) is 24.7. The molecular formula is C27H32N2O4S. The van der Waals surface area contributed by atoms with Crippen LogP contribution in [0.2, 0.25) is 0 Å². The topological polar surface area (TPSA) is 75.7 Å². The zero-order valence-electron chi connectivity index (χ0n) is 20.1. The van der Waals surface area contributed by atoms with Crippen molar-refractivity contribution in [2.45, 2.75) is 39.8 Å². The van der Waals surface area contributed by atoms with Gasteiger partial charge in [-0.3, -0.25) is 9.10 Å². The molecule has 0 fully saturated rings. The fourth-order valence-corrected chi connectivity index (χ4v) is 4.55. The number of hydrogen-bond acceptors (Lipinski definition) is 4. The van der Waals surface area contributed by atoms with E-state index in [1.54, 1.807) is 42.5 Å². The van der Waals surface area contributed by atoms with Gasteiger partial charge < -0.3 is 10.1 Å². The molecule has 6 nitrogen and oxygen atoms in total. The lowest BCUT2D eigenvalue weighted by Crippen LogP contribution is -2.30. The zero-order valence-corrected chi connectivity index (χ0v) is 20.9. The summed E-state index contributed by atoms with van der Waals surface area (Å²) in [7, 11) is -3.56. The van der Waals surface area contributed by atoms with Gasteiger partial charge in [-0.05, 0) is 61.2 Å². The normalized spacial score (nSPS) is 12.1. The predicted octanol–water partition coefficient (Wildman–Crippen LogP) is 5.10. The monoisotopic (exact) mass is 480 g/mol. The SMILES string of the molecule is CCOc1ccccc1N(Cc1ccc(C(=O)N[C@@H](C)c2ccc(CC)cc2)cc1)S(C)(=O)=O. The van der Waals surface area contributed by atoms with Crippen LogP contribution < -0.4 is 14.4 Å². The Bertz CT molecular complexity index is 1210. The van der Waals surface area contributed by atoms with Gasteiger partial charge in [0.05, 0.1) is 31.1 Å². The highest BCUT2D eigenvalue weighted by molar-refractivity contribution is 7.92. The molecule has 0 saturated heterocycles. The lowest BCUT2D eigenvalue weighted by Gasteiger charge is -2.24. The molecule has 0 aliphatic rings. The number of hydrogen-bond donors (Lipinski definition) is 1. The molecule has 0 bridgehead atoms. The molecule has 34 heavy (non-hydrogen) atoms. The van der Waals surface area contributed by atoms with Crippen LogP contribution in [-0.4, -0.2) is 27.2 Å². The summed E-state index contributed by atoms with van der Waals surface area (Å²) in [6.07, 6.45) is 2.15. The molecule has 0 heterocycles. The molecule has 180 valence electrons. The maximum atomic E-state index is 12.7. The Morgan fingerprint density at radius 1 is 0.941 bits per heavy atom. The van der Waals surface area contributed by atoms with Crippen LogP contribution in [0.15, 0.2) is 72.8 Å². The molecule has 0 spiro atoms. The number of carbonyl (C=O) groups is 1. The van der Waals surface area contributed by atoms with E-state index in [0.29, 0.717) is 23.6 Å². The predicted molar refractivity (Wildman–Crippen MR) is 137 cm³/mol. The molecule has 0 aromatic heterocycles. The number of para-hydroxylation sites is 2. The molecule has 7 heteroatoms. The lowest BCUT2D eigenvalue weighted by atomic mass is 10.0. The number of rotatable bonds is 10. The Morgan fingerprint density at radius 2 is 1.56 bits per heavy atom. The molecule has 3 rings (SSSR count). The van der Waals surface area contributed by atoms with E-state index in [1.165, 1.54) is 16.1 Å². The number of ether oxygens (including phenoxy) is 1. The average molecular weight is 481 g/mol. The van der Waals surface area contributed by atoms with Crippen LogP contribution in [0.25, 0.3) is 0 Å². The van der Waals surface area contributed by atoms with Crippen LogP contribution in [0.1, 0.15) is 53.9 Å². The van der Waals surface area contributed by atoms with Crippen LogP contribution in [0.3, 0.4) is 0 Å². The summed E-state index contributed by atoms with van der Waals surface area (Å²) in [5.41, 5.74) is 4.05. The quantitative estimate of drug-likeness (QED) is 0.438. The first kappa shape index (κ1) is 25.3. The molecule has 3 aromatic rings. The van der Waals surface area contributed by atoms with E-state index in [9.17, 15) is 13.2 Å². The summed E-state index contributed by atoms with van der Waals surface area (Å²) in [5.74, 6) is 0.327. The largest absolute Gasteiger partial charge is 0.492 e. The minimum Gasteiger partial charge on any atom is -0.492 e. The summed E-state index contributed by atoms with van der Waals surface area (Å²) in [5, 5.41) is 3.02. The number of anilines is 1. The second-order valence-corrected chi connectivity index (χ2v) is 10.1. The van der Waals surface area contributed by atoms with Crippen molar-refractivity contribution in [3.8, 4) is 5.75 Å². The number of sulfonamides is 1. The number of nitrogens with one attached hydrogen (secondary N) is 1. The molecule has 3 aromatic carbocycles. The van der Waals surface area contributed by atoms with Crippen LogP contribution in [0.5, 0.6) is 5.75 Å². The lowest BCUT2D eigenvalue weighted by molar-refractivity contribution is 0.0940. The van der Waals surface area contributed by atoms with Gasteiger partial charge in [-0.15, -0.1) is 0 Å². The third-order valence-corrected chi connectivity index (χ3v) is 6.74. The molecular weight excluding hydrogens is 448 g/mol. The third kappa shape index (κ3) is 6.38. The van der Waals surface area contributed by atoms with E-state index >= 15 is 0 Å². The number of benzene rings is 3. The first-order valence-electron chi connectivity index (χ1n) is 11.4. The standard InChI is InChI=1S/C27H32N2O4S/c1-5-21-11-15-23(16-12-21)20(3)28-27(30)24-17-13-22(14-18-24)19-29(34(4,31)32)25-9-7-8-10-26(25)33-6-2/h7-18,20H,5-6,19H2,1-4H3,(H,28,30)/t20-/m0/s1. The van der Waals surface area contributed by atoms with Gasteiger partial charge in [0.15, 0.2) is 0 Å². The second kappa shape index (κ2) is 11.2. The summed E-state index contributed by atoms with van der Waals surface area (Å²) in [6, 6.07) is 22.1. The highest BCUT2D eigenvalue weighted by Gasteiger charge is 2.21. The third-order valence-electron chi connectivity index (χ3n) is 5.61. The fraction of sp³-hybridized carbons (Fsp3) is 0.296. The number of carbonyl (C=O) groups excluding carboxylic acids is 1. The van der Waals surface area contributed by atoms with Crippen LogP contribution in [-0.2, 0) is 23.0 Å². The summed E-state index contributed by atoms with van der Waals surface area (Å²) >= 11 is 0. The van der Waals surface area contributed by atoms with Gasteiger partial charge in [0.2, 0.25) is 10.0 Å². The molecule has 0 aliphatic heterocycles. The van der Waals surface area contributed by atoms with Gasteiger partial charge in [-0.1, -0.05) is 55.5 Å². The van der Waals surface area contributed by atoms with Crippen molar-refractivity contribution < 1.29 is 17.9 Å². The Morgan fingerprint density at radius 3 is 2.15 bits per heavy atom. The highest BCUT2D eigenvalue weighted by atomic mass is 32.2. The smallest absolute Gasteiger partial charge is 0.251 e. The Balaban J connectivity index is 1.74. The van der Waals surface area contributed by atoms with Crippen molar-refractivity contribution in [1.82, 2.24) is 5.32 Å². The Labute approximate surface area is 202 Å². The second-order valence-electron chi connectivity index (χ2n) is 8.16. The van der Waals surface area contributed by atoms with Crippen molar-refractivity contribution >= 4 is 21.6 Å². The summed E-state index contributed by atoms with van der Waals surface area (Å²) < 4.78 is 32.1. The summed E-state index contributed by atoms with van der Waals surface area (Å²) in [6.45, 7) is 6.47. The number of amides is 1. The first-order valence-corrected chi connectivity index (χ1v) is 13.3. The van der Waals surface area contributed by atoms with Gasteiger partial charge in [0, 0.05) is 5.56 Å².